The van der Waals surface area contributed by atoms with Crippen LogP contribution in [0.4, 0.5) is 0 Å². The average Bonchev–Trinajstić information content (AvgIpc) is 2.28. The zero-order valence-electron chi connectivity index (χ0n) is 9.06. The van der Waals surface area contributed by atoms with Crippen LogP contribution in [0.5, 0.6) is 0 Å². The molecule has 15 heavy (non-hydrogen) atoms. The number of carbonyl (C=O) groups excluding carboxylic acids is 1. The summed E-state index contributed by atoms with van der Waals surface area (Å²) < 4.78 is 5.18. The number of methoxy groups -OCH3 is 1. The van der Waals surface area contributed by atoms with Crippen molar-refractivity contribution in [1.82, 2.24) is 0 Å². The summed E-state index contributed by atoms with van der Waals surface area (Å²) in [6.45, 7) is 2.44. The second-order valence-corrected chi connectivity index (χ2v) is 3.47. The highest BCUT2D eigenvalue weighted by molar-refractivity contribution is 5.34. The van der Waals surface area contributed by atoms with Crippen molar-refractivity contribution in [2.45, 2.75) is 26.0 Å². The SMILES string of the molecule is COC(C)Cc1ccc(CN=C=O)cc1. The van der Waals surface area contributed by atoms with Crippen LogP contribution in [0.3, 0.4) is 0 Å². The van der Waals surface area contributed by atoms with Gasteiger partial charge in [0.05, 0.1) is 12.6 Å². The second kappa shape index (κ2) is 6.12. The van der Waals surface area contributed by atoms with E-state index < -0.39 is 0 Å². The molecule has 80 valence electrons. The van der Waals surface area contributed by atoms with E-state index in [2.05, 4.69) is 4.99 Å². The van der Waals surface area contributed by atoms with Crippen LogP contribution in [0.15, 0.2) is 29.3 Å². The Morgan fingerprint density at radius 1 is 1.33 bits per heavy atom. The van der Waals surface area contributed by atoms with Gasteiger partial charge in [0.25, 0.3) is 0 Å². The summed E-state index contributed by atoms with van der Waals surface area (Å²) in [7, 11) is 1.71. The van der Waals surface area contributed by atoms with Gasteiger partial charge in [-0.05, 0) is 24.5 Å². The predicted molar refractivity (Wildman–Crippen MR) is 58.4 cm³/mol. The lowest BCUT2D eigenvalue weighted by Crippen LogP contribution is -2.08. The minimum Gasteiger partial charge on any atom is -0.381 e. The molecule has 3 nitrogen and oxygen atoms in total. The molecule has 0 bridgehead atoms. The molecule has 0 aliphatic heterocycles. The van der Waals surface area contributed by atoms with E-state index >= 15 is 0 Å². The number of nitrogens with zero attached hydrogens (tertiary/aromatic N) is 1. The van der Waals surface area contributed by atoms with Gasteiger partial charge in [-0.2, -0.15) is 0 Å². The van der Waals surface area contributed by atoms with Gasteiger partial charge in [0.2, 0.25) is 6.08 Å². The molecule has 0 spiro atoms. The standard InChI is InChI=1S/C12H15NO2/c1-10(15-2)7-11-3-5-12(6-4-11)8-13-9-14/h3-6,10H,7-8H2,1-2H3. The number of rotatable bonds is 5. The zero-order chi connectivity index (χ0) is 11.1. The van der Waals surface area contributed by atoms with Gasteiger partial charge >= 0.3 is 0 Å². The van der Waals surface area contributed by atoms with Crippen LogP contribution in [-0.4, -0.2) is 19.3 Å². The van der Waals surface area contributed by atoms with Gasteiger partial charge in [-0.1, -0.05) is 24.3 Å². The van der Waals surface area contributed by atoms with Crippen LogP contribution in [0, 0.1) is 0 Å². The van der Waals surface area contributed by atoms with Gasteiger partial charge in [-0.25, -0.2) is 9.79 Å². The molecule has 0 N–H and O–H groups in total. The topological polar surface area (TPSA) is 38.7 Å². The fraction of sp³-hybridized carbons (Fsp3) is 0.417. The first-order chi connectivity index (χ1) is 7.26. The molecule has 0 heterocycles. The number of benzene rings is 1. The van der Waals surface area contributed by atoms with Crippen LogP contribution in [0.2, 0.25) is 0 Å². The Balaban J connectivity index is 2.59. The molecular weight excluding hydrogens is 190 g/mol. The lowest BCUT2D eigenvalue weighted by molar-refractivity contribution is 0.119. The molecule has 1 aromatic carbocycles. The first-order valence-electron chi connectivity index (χ1n) is 4.90. The van der Waals surface area contributed by atoms with Crippen molar-refractivity contribution >= 4 is 6.08 Å². The van der Waals surface area contributed by atoms with Crippen LogP contribution in [0.1, 0.15) is 18.1 Å². The first-order valence-corrected chi connectivity index (χ1v) is 4.90. The smallest absolute Gasteiger partial charge is 0.235 e. The number of isocyanates is 1. The highest BCUT2D eigenvalue weighted by Gasteiger charge is 2.01. The number of hydrogen-bond acceptors (Lipinski definition) is 3. The quantitative estimate of drug-likeness (QED) is 0.545. The Kier molecular flexibility index (Phi) is 4.75. The van der Waals surface area contributed by atoms with Crippen LogP contribution >= 0.6 is 0 Å². The summed E-state index contributed by atoms with van der Waals surface area (Å²) in [5.41, 5.74) is 2.25. The third-order valence-electron chi connectivity index (χ3n) is 2.27. The Hall–Kier alpha value is -1.44. The summed E-state index contributed by atoms with van der Waals surface area (Å²) >= 11 is 0. The van der Waals surface area contributed by atoms with E-state index in [1.165, 1.54) is 11.6 Å². The van der Waals surface area contributed by atoms with Crippen LogP contribution in [-0.2, 0) is 22.5 Å². The molecule has 1 unspecified atom stereocenters. The van der Waals surface area contributed by atoms with Crippen molar-refractivity contribution in [3.8, 4) is 0 Å². The fourth-order valence-corrected chi connectivity index (χ4v) is 1.32. The first kappa shape index (κ1) is 11.6. The zero-order valence-corrected chi connectivity index (χ0v) is 9.06. The Labute approximate surface area is 89.8 Å². The van der Waals surface area contributed by atoms with Gasteiger partial charge in [0.15, 0.2) is 0 Å². The van der Waals surface area contributed by atoms with Crippen molar-refractivity contribution in [2.24, 2.45) is 4.99 Å². The second-order valence-electron chi connectivity index (χ2n) is 3.47. The molecule has 0 saturated heterocycles. The van der Waals surface area contributed by atoms with Gasteiger partial charge in [0, 0.05) is 7.11 Å². The van der Waals surface area contributed by atoms with Crippen LogP contribution < -0.4 is 0 Å². The van der Waals surface area contributed by atoms with Crippen LogP contribution in [0.25, 0.3) is 0 Å². The molecule has 1 rings (SSSR count). The third kappa shape index (κ3) is 4.07. The maximum atomic E-state index is 9.92. The van der Waals surface area contributed by atoms with E-state index in [0.29, 0.717) is 6.54 Å². The largest absolute Gasteiger partial charge is 0.381 e. The minimum atomic E-state index is 0.226. The molecule has 0 aromatic heterocycles. The van der Waals surface area contributed by atoms with E-state index in [0.717, 1.165) is 12.0 Å². The Bertz CT molecular complexity index is 339. The van der Waals surface area contributed by atoms with E-state index in [4.69, 9.17) is 4.74 Å². The number of ether oxygens (including phenoxy) is 1. The monoisotopic (exact) mass is 205 g/mol. The summed E-state index contributed by atoms with van der Waals surface area (Å²) in [5, 5.41) is 0. The summed E-state index contributed by atoms with van der Waals surface area (Å²) in [5.74, 6) is 0. The maximum Gasteiger partial charge on any atom is 0.235 e. The molecule has 0 fully saturated rings. The fourth-order valence-electron chi connectivity index (χ4n) is 1.32. The molecule has 3 heteroatoms. The van der Waals surface area contributed by atoms with Crippen molar-refractivity contribution in [2.75, 3.05) is 7.11 Å². The molecule has 0 radical (unpaired) electrons. The molecule has 0 amide bonds. The van der Waals surface area contributed by atoms with Crippen molar-refractivity contribution in [3.05, 3.63) is 35.4 Å². The summed E-state index contributed by atoms with van der Waals surface area (Å²) in [4.78, 5) is 13.4. The van der Waals surface area contributed by atoms with E-state index in [9.17, 15) is 4.79 Å². The molecule has 0 aliphatic carbocycles. The minimum absolute atomic E-state index is 0.226. The Morgan fingerprint density at radius 2 is 1.93 bits per heavy atom. The lowest BCUT2D eigenvalue weighted by atomic mass is 10.1. The maximum absolute atomic E-state index is 9.92. The van der Waals surface area contributed by atoms with Gasteiger partial charge < -0.3 is 4.74 Å². The molecule has 1 atom stereocenters. The average molecular weight is 205 g/mol. The third-order valence-corrected chi connectivity index (χ3v) is 2.27. The van der Waals surface area contributed by atoms with Crippen molar-refractivity contribution < 1.29 is 9.53 Å². The van der Waals surface area contributed by atoms with Gasteiger partial charge in [-0.15, -0.1) is 0 Å². The lowest BCUT2D eigenvalue weighted by Gasteiger charge is -2.09. The number of hydrogen-bond donors (Lipinski definition) is 0. The van der Waals surface area contributed by atoms with E-state index in [-0.39, 0.29) is 6.10 Å². The summed E-state index contributed by atoms with van der Waals surface area (Å²) in [6, 6.07) is 8.01. The molecular formula is C12H15NO2. The van der Waals surface area contributed by atoms with E-state index in [1.807, 2.05) is 31.2 Å². The van der Waals surface area contributed by atoms with Crippen molar-refractivity contribution in [1.29, 1.82) is 0 Å². The van der Waals surface area contributed by atoms with Crippen molar-refractivity contribution in [3.63, 3.8) is 0 Å². The summed E-state index contributed by atoms with van der Waals surface area (Å²) in [6.07, 6.45) is 2.65. The molecule has 0 saturated carbocycles. The predicted octanol–water partition coefficient (Wildman–Crippen LogP) is 2.10. The van der Waals surface area contributed by atoms with Gasteiger partial charge in [-0.3, -0.25) is 0 Å². The highest BCUT2D eigenvalue weighted by atomic mass is 16.5. The molecule has 0 aliphatic rings. The molecule has 1 aromatic rings. The van der Waals surface area contributed by atoms with E-state index in [1.54, 1.807) is 7.11 Å². The number of aliphatic imine (C=N–C) groups is 1. The normalized spacial score (nSPS) is 11.9. The highest BCUT2D eigenvalue weighted by Crippen LogP contribution is 2.08. The van der Waals surface area contributed by atoms with Gasteiger partial charge in [0.1, 0.15) is 0 Å². The Morgan fingerprint density at radius 3 is 2.47 bits per heavy atom.